The standard InChI is InChI=1S/C26H28FN5OS/c27-20-9-3-4-10-21(20)29-23(33)13-16-32-25(18-12-15-31(17-18)19-7-1-2-8-19)24(30-26(32)34)22-11-5-6-14-28-22/h3-6,9-12,14-15,17,19,24-25H,1-2,7-8,13,16H2,(H,29,33)(H,30,34). The number of para-hydroxylation sites is 1. The van der Waals surface area contributed by atoms with Crippen LogP contribution in [0, 0.1) is 5.82 Å². The molecule has 34 heavy (non-hydrogen) atoms. The Hall–Kier alpha value is -3.26. The van der Waals surface area contributed by atoms with Gasteiger partial charge in [-0.2, -0.15) is 0 Å². The quantitative estimate of drug-likeness (QED) is 0.462. The predicted octanol–water partition coefficient (Wildman–Crippen LogP) is 5.14. The summed E-state index contributed by atoms with van der Waals surface area (Å²) in [6.45, 7) is 0.411. The fourth-order valence-electron chi connectivity index (χ4n) is 5.04. The highest BCUT2D eigenvalue weighted by Crippen LogP contribution is 2.40. The number of halogens is 1. The van der Waals surface area contributed by atoms with Gasteiger partial charge >= 0.3 is 0 Å². The van der Waals surface area contributed by atoms with Gasteiger partial charge in [0.25, 0.3) is 0 Å². The van der Waals surface area contributed by atoms with Gasteiger partial charge in [0.15, 0.2) is 5.11 Å². The second-order valence-corrected chi connectivity index (χ2v) is 9.32. The number of carbonyl (C=O) groups is 1. The van der Waals surface area contributed by atoms with Crippen LogP contribution in [0.25, 0.3) is 0 Å². The van der Waals surface area contributed by atoms with Crippen molar-refractivity contribution in [1.29, 1.82) is 0 Å². The lowest BCUT2D eigenvalue weighted by Crippen LogP contribution is -2.32. The Morgan fingerprint density at radius 1 is 1.15 bits per heavy atom. The van der Waals surface area contributed by atoms with Crippen molar-refractivity contribution in [2.75, 3.05) is 11.9 Å². The third kappa shape index (κ3) is 4.68. The monoisotopic (exact) mass is 477 g/mol. The number of pyridine rings is 1. The first-order chi connectivity index (χ1) is 16.6. The van der Waals surface area contributed by atoms with Crippen molar-refractivity contribution in [3.8, 4) is 0 Å². The molecule has 1 saturated carbocycles. The maximum Gasteiger partial charge on any atom is 0.226 e. The van der Waals surface area contributed by atoms with Crippen LogP contribution >= 0.6 is 12.2 Å². The summed E-state index contributed by atoms with van der Waals surface area (Å²) < 4.78 is 16.3. The minimum Gasteiger partial charge on any atom is -0.352 e. The number of hydrogen-bond donors (Lipinski definition) is 2. The van der Waals surface area contributed by atoms with E-state index in [1.54, 1.807) is 24.4 Å². The molecule has 176 valence electrons. The van der Waals surface area contributed by atoms with Crippen LogP contribution in [-0.4, -0.2) is 32.0 Å². The molecule has 0 spiro atoms. The Kier molecular flexibility index (Phi) is 6.58. The van der Waals surface area contributed by atoms with Gasteiger partial charge in [-0.15, -0.1) is 0 Å². The van der Waals surface area contributed by atoms with E-state index >= 15 is 0 Å². The largest absolute Gasteiger partial charge is 0.352 e. The zero-order valence-corrected chi connectivity index (χ0v) is 19.7. The molecule has 1 aliphatic carbocycles. The van der Waals surface area contributed by atoms with E-state index in [9.17, 15) is 9.18 Å². The summed E-state index contributed by atoms with van der Waals surface area (Å²) in [7, 11) is 0. The molecule has 2 fully saturated rings. The number of carbonyl (C=O) groups excluding carboxylic acids is 1. The van der Waals surface area contributed by atoms with Crippen molar-refractivity contribution >= 4 is 28.9 Å². The molecular formula is C26H28FN5OS. The van der Waals surface area contributed by atoms with E-state index in [1.165, 1.54) is 31.7 Å². The number of nitrogens with zero attached hydrogens (tertiary/aromatic N) is 3. The Balaban J connectivity index is 1.36. The van der Waals surface area contributed by atoms with Gasteiger partial charge in [-0.3, -0.25) is 9.78 Å². The highest BCUT2D eigenvalue weighted by atomic mass is 32.1. The van der Waals surface area contributed by atoms with Gasteiger partial charge in [-0.1, -0.05) is 31.0 Å². The first-order valence-electron chi connectivity index (χ1n) is 11.8. The number of hydrogen-bond acceptors (Lipinski definition) is 3. The van der Waals surface area contributed by atoms with Crippen LogP contribution in [0.1, 0.15) is 61.5 Å². The zero-order chi connectivity index (χ0) is 23.5. The first kappa shape index (κ1) is 22.5. The number of benzene rings is 1. The first-order valence-corrected chi connectivity index (χ1v) is 12.2. The van der Waals surface area contributed by atoms with E-state index in [1.807, 2.05) is 18.2 Å². The molecule has 1 aromatic carbocycles. The predicted molar refractivity (Wildman–Crippen MR) is 134 cm³/mol. The van der Waals surface area contributed by atoms with Crippen molar-refractivity contribution in [1.82, 2.24) is 19.8 Å². The van der Waals surface area contributed by atoms with Gasteiger partial charge in [-0.25, -0.2) is 4.39 Å². The molecule has 2 aliphatic rings. The summed E-state index contributed by atoms with van der Waals surface area (Å²) in [5, 5.41) is 6.68. The van der Waals surface area contributed by atoms with E-state index in [0.29, 0.717) is 17.7 Å². The molecule has 2 atom stereocenters. The number of rotatable bonds is 7. The average Bonchev–Trinajstić information content (AvgIpc) is 3.60. The number of thiocarbonyl (C=S) groups is 1. The summed E-state index contributed by atoms with van der Waals surface area (Å²) in [5.41, 5.74) is 2.23. The molecule has 1 aliphatic heterocycles. The zero-order valence-electron chi connectivity index (χ0n) is 18.9. The Bertz CT molecular complexity index is 1160. The van der Waals surface area contributed by atoms with Crippen molar-refractivity contribution in [2.24, 2.45) is 0 Å². The second-order valence-electron chi connectivity index (χ2n) is 8.93. The minimum atomic E-state index is -0.449. The van der Waals surface area contributed by atoms with Crippen LogP contribution in [-0.2, 0) is 4.79 Å². The summed E-state index contributed by atoms with van der Waals surface area (Å²) in [4.78, 5) is 19.2. The topological polar surface area (TPSA) is 62.2 Å². The summed E-state index contributed by atoms with van der Waals surface area (Å²) >= 11 is 5.70. The van der Waals surface area contributed by atoms with Crippen molar-refractivity contribution in [3.05, 3.63) is 84.2 Å². The summed E-state index contributed by atoms with van der Waals surface area (Å²) in [6, 6.07) is 14.5. The number of amides is 1. The average molecular weight is 478 g/mol. The van der Waals surface area contributed by atoms with Gasteiger partial charge in [0.2, 0.25) is 5.91 Å². The Morgan fingerprint density at radius 2 is 1.94 bits per heavy atom. The fraction of sp³-hybridized carbons (Fsp3) is 0.346. The third-order valence-corrected chi connectivity index (χ3v) is 7.10. The molecule has 3 aromatic rings. The molecule has 0 bridgehead atoms. The van der Waals surface area contributed by atoms with E-state index in [4.69, 9.17) is 12.2 Å². The molecule has 5 rings (SSSR count). The molecule has 1 amide bonds. The van der Waals surface area contributed by atoms with E-state index in [0.717, 1.165) is 11.3 Å². The van der Waals surface area contributed by atoms with Gasteiger partial charge in [0.05, 0.1) is 23.5 Å². The minimum absolute atomic E-state index is 0.0914. The number of anilines is 1. The van der Waals surface area contributed by atoms with Crippen molar-refractivity contribution in [2.45, 2.75) is 50.2 Å². The summed E-state index contributed by atoms with van der Waals surface area (Å²) in [6.07, 6.45) is 11.3. The second kappa shape index (κ2) is 9.93. The molecule has 6 nitrogen and oxygen atoms in total. The van der Waals surface area contributed by atoms with Gasteiger partial charge in [0, 0.05) is 37.6 Å². The molecular weight excluding hydrogens is 449 g/mol. The van der Waals surface area contributed by atoms with Crippen LogP contribution in [0.15, 0.2) is 67.1 Å². The molecule has 3 heterocycles. The maximum atomic E-state index is 13.9. The lowest BCUT2D eigenvalue weighted by molar-refractivity contribution is -0.116. The SMILES string of the molecule is O=C(CCN1C(=S)NC(c2ccccn2)C1c1ccn(C2CCCC2)c1)Nc1ccccc1F. The molecule has 2 N–H and O–H groups in total. The number of nitrogens with one attached hydrogen (secondary N) is 2. The lowest BCUT2D eigenvalue weighted by Gasteiger charge is -2.27. The van der Waals surface area contributed by atoms with E-state index in [2.05, 4.69) is 43.5 Å². The molecule has 0 radical (unpaired) electrons. The van der Waals surface area contributed by atoms with Crippen LogP contribution in [0.4, 0.5) is 10.1 Å². The normalized spacial score (nSPS) is 20.5. The van der Waals surface area contributed by atoms with Crippen LogP contribution in [0.3, 0.4) is 0 Å². The van der Waals surface area contributed by atoms with Gasteiger partial charge in [-0.05, 0) is 61.0 Å². The Labute approximate surface area is 204 Å². The van der Waals surface area contributed by atoms with Gasteiger partial charge < -0.3 is 20.1 Å². The molecule has 2 aromatic heterocycles. The summed E-state index contributed by atoms with van der Waals surface area (Å²) in [5.74, 6) is -0.702. The molecule has 2 unspecified atom stereocenters. The van der Waals surface area contributed by atoms with Crippen molar-refractivity contribution in [3.63, 3.8) is 0 Å². The highest BCUT2D eigenvalue weighted by molar-refractivity contribution is 7.80. The van der Waals surface area contributed by atoms with Crippen LogP contribution in [0.2, 0.25) is 0 Å². The van der Waals surface area contributed by atoms with Crippen LogP contribution < -0.4 is 10.6 Å². The molecule has 1 saturated heterocycles. The van der Waals surface area contributed by atoms with Crippen LogP contribution in [0.5, 0.6) is 0 Å². The Morgan fingerprint density at radius 3 is 2.71 bits per heavy atom. The maximum absolute atomic E-state index is 13.9. The number of aromatic nitrogens is 2. The van der Waals surface area contributed by atoms with E-state index in [-0.39, 0.29) is 30.1 Å². The fourth-order valence-corrected chi connectivity index (χ4v) is 5.37. The third-order valence-electron chi connectivity index (χ3n) is 6.75. The van der Waals surface area contributed by atoms with Crippen molar-refractivity contribution < 1.29 is 9.18 Å². The smallest absolute Gasteiger partial charge is 0.226 e. The molecule has 8 heteroatoms. The lowest BCUT2D eigenvalue weighted by atomic mass is 9.99. The van der Waals surface area contributed by atoms with E-state index < -0.39 is 5.82 Å². The van der Waals surface area contributed by atoms with Gasteiger partial charge in [0.1, 0.15) is 5.82 Å². The highest BCUT2D eigenvalue weighted by Gasteiger charge is 2.40.